The zero-order valence-electron chi connectivity index (χ0n) is 18.8. The molecule has 1 spiro atoms. The summed E-state index contributed by atoms with van der Waals surface area (Å²) in [5.41, 5.74) is 9.49. The van der Waals surface area contributed by atoms with E-state index in [-0.39, 0.29) is 11.9 Å². The Morgan fingerprint density at radius 1 is 1.03 bits per heavy atom. The van der Waals surface area contributed by atoms with Gasteiger partial charge in [0.2, 0.25) is 5.95 Å². The number of piperidine rings is 1. The molecule has 2 fully saturated rings. The molecule has 170 valence electrons. The quantitative estimate of drug-likeness (QED) is 0.797. The molecule has 1 aromatic heterocycles. The zero-order chi connectivity index (χ0) is 22.0. The lowest BCUT2D eigenvalue weighted by Gasteiger charge is -2.44. The average Bonchev–Trinajstić information content (AvgIpc) is 3.09. The van der Waals surface area contributed by atoms with Gasteiger partial charge in [-0.15, -0.1) is 0 Å². The van der Waals surface area contributed by atoms with Crippen molar-refractivity contribution in [3.63, 3.8) is 0 Å². The Morgan fingerprint density at radius 2 is 1.75 bits per heavy atom. The summed E-state index contributed by atoms with van der Waals surface area (Å²) in [5.74, 6) is 0.381. The van der Waals surface area contributed by atoms with E-state index in [2.05, 4.69) is 27.0 Å². The van der Waals surface area contributed by atoms with Gasteiger partial charge in [-0.25, -0.2) is 9.97 Å². The van der Waals surface area contributed by atoms with E-state index in [0.717, 1.165) is 42.6 Å². The maximum Gasteiger partial charge on any atom is 0.253 e. The summed E-state index contributed by atoms with van der Waals surface area (Å²) in [4.78, 5) is 26.3. The number of aromatic nitrogens is 2. The molecule has 2 saturated heterocycles. The summed E-state index contributed by atoms with van der Waals surface area (Å²) in [6, 6.07) is 8.20. The fourth-order valence-electron chi connectivity index (χ4n) is 5.36. The number of likely N-dealkylation sites (tertiary alicyclic amines) is 2. The Kier molecular flexibility index (Phi) is 6.11. The number of ether oxygens (including phenoxy) is 1. The van der Waals surface area contributed by atoms with Crippen molar-refractivity contribution in [3.05, 3.63) is 52.8 Å². The Bertz CT molecular complexity index is 945. The fourth-order valence-corrected chi connectivity index (χ4v) is 5.36. The summed E-state index contributed by atoms with van der Waals surface area (Å²) < 4.78 is 6.23. The predicted octanol–water partition coefficient (Wildman–Crippen LogP) is 3.14. The molecule has 7 heteroatoms. The topological polar surface area (TPSA) is 84.6 Å². The highest BCUT2D eigenvalue weighted by molar-refractivity contribution is 5.94. The molecule has 0 saturated carbocycles. The van der Waals surface area contributed by atoms with Gasteiger partial charge in [0, 0.05) is 31.4 Å². The van der Waals surface area contributed by atoms with Gasteiger partial charge in [-0.3, -0.25) is 9.69 Å². The van der Waals surface area contributed by atoms with Crippen molar-refractivity contribution in [2.45, 2.75) is 57.1 Å². The number of hydrogen-bond donors (Lipinski definition) is 1. The predicted molar refractivity (Wildman–Crippen MR) is 123 cm³/mol. The van der Waals surface area contributed by atoms with E-state index in [9.17, 15) is 4.79 Å². The molecule has 0 aliphatic carbocycles. The number of benzene rings is 1. The van der Waals surface area contributed by atoms with Crippen LogP contribution >= 0.6 is 0 Å². The molecule has 3 aliphatic rings. The van der Waals surface area contributed by atoms with E-state index >= 15 is 0 Å². The Morgan fingerprint density at radius 3 is 2.47 bits per heavy atom. The standard InChI is InChI=1S/C25H33N5O2/c26-24-27-17-21-9-16-32-25(22(21)28-24)10-14-30(15-11-25)23(31)20-7-5-19(6-8-20)18-29-12-3-1-2-4-13-29/h5-8,17H,1-4,9-16,18H2,(H2,26,27,28). The van der Waals surface area contributed by atoms with Crippen LogP contribution in [-0.2, 0) is 23.3 Å². The Hall–Kier alpha value is -2.51. The van der Waals surface area contributed by atoms with Gasteiger partial charge in [-0.2, -0.15) is 0 Å². The molecule has 0 bridgehead atoms. The molecular weight excluding hydrogens is 402 g/mol. The molecule has 0 radical (unpaired) electrons. The minimum absolute atomic E-state index is 0.0967. The molecular formula is C25H33N5O2. The van der Waals surface area contributed by atoms with Crippen molar-refractivity contribution in [3.8, 4) is 0 Å². The zero-order valence-corrected chi connectivity index (χ0v) is 18.8. The molecule has 5 rings (SSSR count). The van der Waals surface area contributed by atoms with Crippen LogP contribution in [0.4, 0.5) is 5.95 Å². The van der Waals surface area contributed by atoms with Crippen LogP contribution in [0.15, 0.2) is 30.5 Å². The molecule has 0 unspecified atom stereocenters. The Labute approximate surface area is 190 Å². The number of carbonyl (C=O) groups excluding carboxylic acids is 1. The van der Waals surface area contributed by atoms with Crippen molar-refractivity contribution < 1.29 is 9.53 Å². The number of rotatable bonds is 3. The van der Waals surface area contributed by atoms with Crippen LogP contribution in [0.1, 0.15) is 65.7 Å². The van der Waals surface area contributed by atoms with Crippen LogP contribution < -0.4 is 5.73 Å². The maximum atomic E-state index is 13.1. The molecule has 32 heavy (non-hydrogen) atoms. The van der Waals surface area contributed by atoms with Crippen molar-refractivity contribution in [1.29, 1.82) is 0 Å². The largest absolute Gasteiger partial charge is 0.368 e. The SMILES string of the molecule is Nc1ncc2c(n1)C1(CCN(C(=O)c3ccc(CN4CCCCCC4)cc3)CC1)OCC2. The van der Waals surface area contributed by atoms with Gasteiger partial charge in [0.1, 0.15) is 5.60 Å². The molecule has 0 atom stereocenters. The highest BCUT2D eigenvalue weighted by atomic mass is 16.5. The summed E-state index contributed by atoms with van der Waals surface area (Å²) >= 11 is 0. The summed E-state index contributed by atoms with van der Waals surface area (Å²) in [7, 11) is 0. The van der Waals surface area contributed by atoms with Crippen LogP contribution in [0.3, 0.4) is 0 Å². The fraction of sp³-hybridized carbons (Fsp3) is 0.560. The van der Waals surface area contributed by atoms with Gasteiger partial charge >= 0.3 is 0 Å². The second-order valence-corrected chi connectivity index (χ2v) is 9.37. The number of carbonyl (C=O) groups is 1. The van der Waals surface area contributed by atoms with Crippen LogP contribution in [0, 0.1) is 0 Å². The van der Waals surface area contributed by atoms with Crippen molar-refractivity contribution in [1.82, 2.24) is 19.8 Å². The number of nitrogen functional groups attached to an aromatic ring is 1. The lowest BCUT2D eigenvalue weighted by Crippen LogP contribution is -2.49. The maximum absolute atomic E-state index is 13.1. The first kappa shape index (κ1) is 21.3. The van der Waals surface area contributed by atoms with Gasteiger partial charge in [-0.05, 0) is 68.5 Å². The van der Waals surface area contributed by atoms with Crippen LogP contribution in [0.5, 0.6) is 0 Å². The first-order chi connectivity index (χ1) is 15.6. The molecule has 2 aromatic rings. The Balaban J connectivity index is 1.22. The minimum Gasteiger partial charge on any atom is -0.368 e. The van der Waals surface area contributed by atoms with Crippen molar-refractivity contribution in [2.24, 2.45) is 0 Å². The monoisotopic (exact) mass is 435 g/mol. The lowest BCUT2D eigenvalue weighted by molar-refractivity contribution is -0.0966. The van der Waals surface area contributed by atoms with E-state index in [1.54, 1.807) is 0 Å². The van der Waals surface area contributed by atoms with Gasteiger partial charge < -0.3 is 15.4 Å². The van der Waals surface area contributed by atoms with Crippen LogP contribution in [-0.4, -0.2) is 58.5 Å². The highest BCUT2D eigenvalue weighted by Gasteiger charge is 2.43. The molecule has 1 amide bonds. The number of nitrogens with two attached hydrogens (primary N) is 1. The van der Waals surface area contributed by atoms with Gasteiger partial charge in [0.25, 0.3) is 5.91 Å². The van der Waals surface area contributed by atoms with E-state index in [0.29, 0.717) is 19.7 Å². The van der Waals surface area contributed by atoms with Gasteiger partial charge in [0.05, 0.1) is 12.3 Å². The summed E-state index contributed by atoms with van der Waals surface area (Å²) in [5, 5.41) is 0. The van der Waals surface area contributed by atoms with Gasteiger partial charge in [-0.1, -0.05) is 25.0 Å². The number of anilines is 1. The van der Waals surface area contributed by atoms with Gasteiger partial charge in [0.15, 0.2) is 0 Å². The lowest BCUT2D eigenvalue weighted by atomic mass is 9.83. The first-order valence-corrected chi connectivity index (χ1v) is 12.0. The number of amides is 1. The molecule has 2 N–H and O–H groups in total. The third-order valence-corrected chi connectivity index (χ3v) is 7.23. The smallest absolute Gasteiger partial charge is 0.253 e. The van der Waals surface area contributed by atoms with Crippen molar-refractivity contribution >= 4 is 11.9 Å². The molecule has 4 heterocycles. The van der Waals surface area contributed by atoms with Crippen molar-refractivity contribution in [2.75, 3.05) is 38.5 Å². The third kappa shape index (κ3) is 4.36. The molecule has 7 nitrogen and oxygen atoms in total. The third-order valence-electron chi connectivity index (χ3n) is 7.23. The second kappa shape index (κ2) is 9.16. The van der Waals surface area contributed by atoms with E-state index in [1.165, 1.54) is 44.3 Å². The molecule has 3 aliphatic heterocycles. The van der Waals surface area contributed by atoms with Crippen LogP contribution in [0.2, 0.25) is 0 Å². The average molecular weight is 436 g/mol. The minimum atomic E-state index is -0.446. The number of fused-ring (bicyclic) bond motifs is 2. The number of hydrogen-bond acceptors (Lipinski definition) is 6. The van der Waals surface area contributed by atoms with E-state index in [1.807, 2.05) is 23.2 Å². The van der Waals surface area contributed by atoms with E-state index < -0.39 is 5.60 Å². The van der Waals surface area contributed by atoms with E-state index in [4.69, 9.17) is 10.5 Å². The second-order valence-electron chi connectivity index (χ2n) is 9.37. The number of nitrogens with zero attached hydrogens (tertiary/aromatic N) is 4. The normalized spacial score (nSPS) is 21.2. The highest BCUT2D eigenvalue weighted by Crippen LogP contribution is 2.40. The van der Waals surface area contributed by atoms with Crippen LogP contribution in [0.25, 0.3) is 0 Å². The summed E-state index contributed by atoms with van der Waals surface area (Å²) in [6.07, 6.45) is 9.37. The summed E-state index contributed by atoms with van der Waals surface area (Å²) in [6.45, 7) is 5.29. The molecule has 1 aromatic carbocycles. The first-order valence-electron chi connectivity index (χ1n) is 12.0.